The minimum absolute atomic E-state index is 0.100. The first kappa shape index (κ1) is 13.1. The molecule has 1 atom stereocenters. The van der Waals surface area contributed by atoms with E-state index in [0.29, 0.717) is 5.69 Å². The minimum Gasteiger partial charge on any atom is -0.467 e. The van der Waals surface area contributed by atoms with Gasteiger partial charge in [0.15, 0.2) is 6.04 Å². The highest BCUT2D eigenvalue weighted by molar-refractivity contribution is 5.81. The van der Waals surface area contributed by atoms with Crippen molar-refractivity contribution in [3.8, 4) is 0 Å². The van der Waals surface area contributed by atoms with Gasteiger partial charge in [0.25, 0.3) is 0 Å². The predicted octanol–water partition coefficient (Wildman–Crippen LogP) is 0.468. The molecule has 0 bridgehead atoms. The molecule has 19 heavy (non-hydrogen) atoms. The minimum atomic E-state index is -0.651. The molecule has 7 heteroatoms. The predicted molar refractivity (Wildman–Crippen MR) is 66.4 cm³/mol. The van der Waals surface area contributed by atoms with Crippen molar-refractivity contribution in [3.05, 3.63) is 23.0 Å². The van der Waals surface area contributed by atoms with Gasteiger partial charge in [-0.2, -0.15) is 5.10 Å². The van der Waals surface area contributed by atoms with Gasteiger partial charge in [-0.3, -0.25) is 4.79 Å². The number of nitrogens with one attached hydrogen (secondary N) is 1. The molecule has 0 fully saturated rings. The van der Waals surface area contributed by atoms with E-state index < -0.39 is 12.0 Å². The average Bonchev–Trinajstić information content (AvgIpc) is 2.72. The van der Waals surface area contributed by atoms with Crippen molar-refractivity contribution in [3.63, 3.8) is 0 Å². The van der Waals surface area contributed by atoms with Crippen LogP contribution in [-0.2, 0) is 25.7 Å². The fourth-order valence-corrected chi connectivity index (χ4v) is 2.01. The van der Waals surface area contributed by atoms with Crippen molar-refractivity contribution in [2.75, 3.05) is 7.11 Å². The van der Waals surface area contributed by atoms with Gasteiger partial charge < -0.3 is 14.8 Å². The number of methoxy groups -OCH3 is 1. The van der Waals surface area contributed by atoms with Crippen LogP contribution < -0.4 is 5.32 Å². The zero-order chi connectivity index (χ0) is 14.0. The van der Waals surface area contributed by atoms with E-state index in [2.05, 4.69) is 10.4 Å². The van der Waals surface area contributed by atoms with Crippen molar-refractivity contribution in [2.24, 2.45) is 5.10 Å². The molecule has 0 aliphatic carbocycles. The van der Waals surface area contributed by atoms with E-state index >= 15 is 0 Å². The van der Waals surface area contributed by atoms with Crippen LogP contribution in [0, 0.1) is 6.92 Å². The van der Waals surface area contributed by atoms with Gasteiger partial charge in [-0.15, -0.1) is 0 Å². The smallest absolute Gasteiger partial charge is 0.334 e. The number of fused-ring (bicyclic) bond motifs is 1. The molecule has 1 aromatic heterocycles. The summed E-state index contributed by atoms with van der Waals surface area (Å²) in [6.45, 7) is 3.30. The average molecular weight is 265 g/mol. The molecule has 0 radical (unpaired) electrons. The highest BCUT2D eigenvalue weighted by Gasteiger charge is 2.30. The first-order valence-corrected chi connectivity index (χ1v) is 5.75. The number of nitrogens with zero attached hydrogens (tertiary/aromatic N) is 2. The highest BCUT2D eigenvalue weighted by Crippen LogP contribution is 2.26. The molecule has 1 unspecified atom stereocenters. The third-order valence-electron chi connectivity index (χ3n) is 2.83. The molecule has 0 amide bonds. The van der Waals surface area contributed by atoms with Gasteiger partial charge in [-0.25, -0.2) is 9.47 Å². The molecule has 0 aromatic carbocycles. The summed E-state index contributed by atoms with van der Waals surface area (Å²) in [4.78, 5) is 22.7. The van der Waals surface area contributed by atoms with E-state index in [1.807, 2.05) is 13.0 Å². The van der Waals surface area contributed by atoms with Gasteiger partial charge in [0, 0.05) is 18.2 Å². The monoisotopic (exact) mass is 265 g/mol. The molecule has 1 N–H and O–H groups in total. The first-order valence-electron chi connectivity index (χ1n) is 5.75. The number of aromatic nitrogens is 1. The summed E-state index contributed by atoms with van der Waals surface area (Å²) in [7, 11) is 1.32. The van der Waals surface area contributed by atoms with Gasteiger partial charge in [0.1, 0.15) is 12.9 Å². The Morgan fingerprint density at radius 1 is 1.53 bits per heavy atom. The Hall–Kier alpha value is -2.31. The highest BCUT2D eigenvalue weighted by atomic mass is 16.5. The zero-order valence-corrected chi connectivity index (χ0v) is 11.0. The summed E-state index contributed by atoms with van der Waals surface area (Å²) in [5.41, 5.74) is 2.21. The molecule has 0 spiro atoms. The second kappa shape index (κ2) is 5.13. The van der Waals surface area contributed by atoms with Gasteiger partial charge in [0.05, 0.1) is 12.8 Å². The summed E-state index contributed by atoms with van der Waals surface area (Å²) in [6, 6.07) is 1.18. The van der Waals surface area contributed by atoms with E-state index in [4.69, 9.17) is 9.47 Å². The Kier molecular flexibility index (Phi) is 3.55. The van der Waals surface area contributed by atoms with Crippen LogP contribution in [0.1, 0.15) is 29.9 Å². The van der Waals surface area contributed by atoms with Crippen molar-refractivity contribution in [2.45, 2.75) is 26.5 Å². The van der Waals surface area contributed by atoms with E-state index in [0.717, 1.165) is 11.3 Å². The maximum absolute atomic E-state index is 11.8. The Morgan fingerprint density at radius 2 is 2.26 bits per heavy atom. The number of hydrogen-bond acceptors (Lipinski definition) is 6. The van der Waals surface area contributed by atoms with Crippen LogP contribution >= 0.6 is 0 Å². The third kappa shape index (κ3) is 2.44. The van der Waals surface area contributed by atoms with Crippen molar-refractivity contribution >= 4 is 18.3 Å². The van der Waals surface area contributed by atoms with Gasteiger partial charge in [-0.1, -0.05) is 0 Å². The van der Waals surface area contributed by atoms with Crippen LogP contribution in [0.5, 0.6) is 0 Å². The van der Waals surface area contributed by atoms with Crippen LogP contribution in [0.15, 0.2) is 11.2 Å². The molecule has 0 saturated heterocycles. The lowest BCUT2D eigenvalue weighted by Crippen LogP contribution is -2.34. The van der Waals surface area contributed by atoms with Gasteiger partial charge in [-0.05, 0) is 13.0 Å². The normalized spacial score (nSPS) is 16.5. The zero-order valence-electron chi connectivity index (χ0n) is 11.0. The van der Waals surface area contributed by atoms with E-state index in [-0.39, 0.29) is 12.6 Å². The summed E-state index contributed by atoms with van der Waals surface area (Å²) in [5, 5.41) is 6.98. The maximum Gasteiger partial charge on any atom is 0.334 e. The topological polar surface area (TPSA) is 81.9 Å². The van der Waals surface area contributed by atoms with Gasteiger partial charge in [0.2, 0.25) is 0 Å². The molecular formula is C12H15N3O4. The van der Waals surface area contributed by atoms with E-state index in [1.165, 1.54) is 20.4 Å². The van der Waals surface area contributed by atoms with Crippen molar-refractivity contribution in [1.29, 1.82) is 0 Å². The summed E-state index contributed by atoms with van der Waals surface area (Å²) in [5.74, 6) is -0.797. The third-order valence-corrected chi connectivity index (χ3v) is 2.83. The molecule has 2 rings (SSSR count). The fraction of sp³-hybridized carbons (Fsp3) is 0.417. The van der Waals surface area contributed by atoms with Gasteiger partial charge >= 0.3 is 11.9 Å². The summed E-state index contributed by atoms with van der Waals surface area (Å²) in [6.07, 6.45) is 1.44. The number of rotatable bonds is 3. The SMILES string of the molecule is COC(=O)C1NC=Nn2c(C)cc(COC(C)=O)c21. The lowest BCUT2D eigenvalue weighted by atomic mass is 10.1. The Morgan fingerprint density at radius 3 is 2.89 bits per heavy atom. The molecule has 1 aliphatic heterocycles. The fourth-order valence-electron chi connectivity index (χ4n) is 2.01. The number of ether oxygens (including phenoxy) is 2. The van der Waals surface area contributed by atoms with Crippen LogP contribution in [0.4, 0.5) is 0 Å². The summed E-state index contributed by atoms with van der Waals surface area (Å²) >= 11 is 0. The van der Waals surface area contributed by atoms with Crippen LogP contribution in [0.3, 0.4) is 0 Å². The maximum atomic E-state index is 11.8. The molecule has 0 saturated carbocycles. The molecule has 7 nitrogen and oxygen atoms in total. The number of esters is 2. The molecule has 2 heterocycles. The standard InChI is InChI=1S/C12H15N3O4/c1-7-4-9(5-19-8(2)16)11-10(12(17)18-3)13-6-14-15(7)11/h4,6,10H,5H2,1-3H3,(H,13,14). The number of carbonyl (C=O) groups excluding carboxylic acids is 2. The van der Waals surface area contributed by atoms with E-state index in [9.17, 15) is 9.59 Å². The number of carbonyl (C=O) groups is 2. The lowest BCUT2D eigenvalue weighted by Gasteiger charge is -2.21. The van der Waals surface area contributed by atoms with Crippen molar-refractivity contribution < 1.29 is 19.1 Å². The Labute approximate surface area is 110 Å². The van der Waals surface area contributed by atoms with Crippen LogP contribution in [0.25, 0.3) is 0 Å². The van der Waals surface area contributed by atoms with Crippen LogP contribution in [0.2, 0.25) is 0 Å². The first-order chi connectivity index (χ1) is 9.04. The van der Waals surface area contributed by atoms with E-state index in [1.54, 1.807) is 4.68 Å². The number of hydrogen-bond donors (Lipinski definition) is 1. The van der Waals surface area contributed by atoms with Crippen LogP contribution in [-0.4, -0.2) is 30.1 Å². The number of aryl methyl sites for hydroxylation is 1. The molecular weight excluding hydrogens is 250 g/mol. The Bertz CT molecular complexity index is 547. The van der Waals surface area contributed by atoms with Crippen molar-refractivity contribution in [1.82, 2.24) is 9.99 Å². The summed E-state index contributed by atoms with van der Waals surface area (Å²) < 4.78 is 11.4. The second-order valence-corrected chi connectivity index (χ2v) is 4.16. The largest absolute Gasteiger partial charge is 0.467 e. The molecule has 1 aromatic rings. The quantitative estimate of drug-likeness (QED) is 0.803. The lowest BCUT2D eigenvalue weighted by molar-refractivity contribution is -0.143. The Balaban J connectivity index is 2.39. The molecule has 1 aliphatic rings. The molecule has 102 valence electrons. The second-order valence-electron chi connectivity index (χ2n) is 4.16.